The zero-order chi connectivity index (χ0) is 18.8. The molecule has 1 aliphatic heterocycles. The molecule has 0 fully saturated rings. The summed E-state index contributed by atoms with van der Waals surface area (Å²) in [6, 6.07) is 13.2. The predicted molar refractivity (Wildman–Crippen MR) is 106 cm³/mol. The topological polar surface area (TPSA) is 57.6 Å². The second-order valence-corrected chi connectivity index (χ2v) is 7.48. The second-order valence-electron chi connectivity index (χ2n) is 6.38. The average Bonchev–Trinajstić information content (AvgIpc) is 2.85. The lowest BCUT2D eigenvalue weighted by molar-refractivity contribution is -0.119. The Morgan fingerprint density at radius 3 is 2.19 bits per heavy atom. The lowest BCUT2D eigenvalue weighted by atomic mass is 10.0. The van der Waals surface area contributed by atoms with E-state index in [9.17, 15) is 14.7 Å². The number of carbonyl (C=O) groups excluding carboxylic acids is 2. The van der Waals surface area contributed by atoms with Gasteiger partial charge in [-0.25, -0.2) is 4.90 Å². The summed E-state index contributed by atoms with van der Waals surface area (Å²) < 4.78 is 0. The Morgan fingerprint density at radius 2 is 1.58 bits per heavy atom. The van der Waals surface area contributed by atoms with Gasteiger partial charge in [-0.2, -0.15) is 0 Å². The van der Waals surface area contributed by atoms with Crippen molar-refractivity contribution >= 4 is 34.8 Å². The largest absolute Gasteiger partial charge is 0.396 e. The van der Waals surface area contributed by atoms with E-state index in [0.29, 0.717) is 21.9 Å². The van der Waals surface area contributed by atoms with Crippen LogP contribution in [0.3, 0.4) is 0 Å². The third-order valence-electron chi connectivity index (χ3n) is 4.31. The maximum absolute atomic E-state index is 13.2. The van der Waals surface area contributed by atoms with E-state index in [1.165, 1.54) is 16.7 Å². The van der Waals surface area contributed by atoms with Gasteiger partial charge >= 0.3 is 0 Å². The van der Waals surface area contributed by atoms with Gasteiger partial charge in [0, 0.05) is 5.75 Å². The highest BCUT2D eigenvalue weighted by Crippen LogP contribution is 2.39. The van der Waals surface area contributed by atoms with Crippen LogP contribution in [0.4, 0.5) is 5.69 Å². The van der Waals surface area contributed by atoms with Crippen LogP contribution in [0.5, 0.6) is 0 Å². The number of anilines is 1. The molecule has 134 valence electrons. The van der Waals surface area contributed by atoms with Gasteiger partial charge in [0.2, 0.25) is 0 Å². The van der Waals surface area contributed by atoms with E-state index in [-0.39, 0.29) is 18.4 Å². The molecular formula is C21H21NO3S. The summed E-state index contributed by atoms with van der Waals surface area (Å²) in [6.07, 6.45) is 0. The molecule has 1 aliphatic rings. The summed E-state index contributed by atoms with van der Waals surface area (Å²) in [4.78, 5) is 27.9. The highest BCUT2D eigenvalue weighted by molar-refractivity contribution is 8.04. The highest BCUT2D eigenvalue weighted by Gasteiger charge is 2.40. The van der Waals surface area contributed by atoms with Crippen molar-refractivity contribution in [3.63, 3.8) is 0 Å². The Hall–Kier alpha value is -2.37. The minimum absolute atomic E-state index is 0.0552. The summed E-state index contributed by atoms with van der Waals surface area (Å²) in [5.74, 6) is -0.271. The van der Waals surface area contributed by atoms with Crippen LogP contribution in [0, 0.1) is 20.8 Å². The Balaban J connectivity index is 2.09. The van der Waals surface area contributed by atoms with Gasteiger partial charge in [0.25, 0.3) is 11.8 Å². The van der Waals surface area contributed by atoms with Gasteiger partial charge in [0.1, 0.15) is 0 Å². The van der Waals surface area contributed by atoms with E-state index in [1.54, 1.807) is 0 Å². The predicted octanol–water partition coefficient (Wildman–Crippen LogP) is 3.62. The van der Waals surface area contributed by atoms with Crippen LogP contribution in [0.15, 0.2) is 47.4 Å². The molecular weight excluding hydrogens is 346 g/mol. The molecule has 4 nitrogen and oxygen atoms in total. The number of amides is 2. The number of aliphatic hydroxyl groups excluding tert-OH is 1. The number of imide groups is 1. The van der Waals surface area contributed by atoms with Crippen molar-refractivity contribution in [2.24, 2.45) is 0 Å². The number of thioether (sulfide) groups is 1. The van der Waals surface area contributed by atoms with E-state index >= 15 is 0 Å². The second kappa shape index (κ2) is 7.48. The van der Waals surface area contributed by atoms with Crippen LogP contribution in [0.25, 0.3) is 5.57 Å². The minimum Gasteiger partial charge on any atom is -0.396 e. The van der Waals surface area contributed by atoms with E-state index in [2.05, 4.69) is 0 Å². The molecule has 0 spiro atoms. The molecule has 1 N–H and O–H groups in total. The summed E-state index contributed by atoms with van der Waals surface area (Å²) in [5, 5.41) is 9.18. The lowest BCUT2D eigenvalue weighted by Gasteiger charge is -2.18. The molecule has 3 rings (SSSR count). The van der Waals surface area contributed by atoms with Gasteiger partial charge in [0.05, 0.1) is 22.8 Å². The normalized spacial score (nSPS) is 14.5. The van der Waals surface area contributed by atoms with Gasteiger partial charge in [-0.15, -0.1) is 11.8 Å². The summed E-state index contributed by atoms with van der Waals surface area (Å²) in [5.41, 5.74) is 4.78. The van der Waals surface area contributed by atoms with Crippen molar-refractivity contribution in [3.8, 4) is 0 Å². The van der Waals surface area contributed by atoms with Gasteiger partial charge < -0.3 is 5.11 Å². The third kappa shape index (κ3) is 3.32. The molecule has 2 aromatic rings. The van der Waals surface area contributed by atoms with Gasteiger partial charge in [-0.1, -0.05) is 47.5 Å². The number of benzene rings is 2. The highest BCUT2D eigenvalue weighted by atomic mass is 32.2. The molecule has 0 radical (unpaired) electrons. The fourth-order valence-electron chi connectivity index (χ4n) is 3.04. The molecule has 0 saturated carbocycles. The maximum atomic E-state index is 13.2. The van der Waals surface area contributed by atoms with Gasteiger partial charge in [-0.05, 0) is 38.0 Å². The van der Waals surface area contributed by atoms with Crippen LogP contribution >= 0.6 is 11.8 Å². The molecule has 0 unspecified atom stereocenters. The van der Waals surface area contributed by atoms with Gasteiger partial charge in [0.15, 0.2) is 0 Å². The number of nitrogens with zero attached hydrogens (tertiary/aromatic N) is 1. The molecule has 26 heavy (non-hydrogen) atoms. The maximum Gasteiger partial charge on any atom is 0.272 e. The smallest absolute Gasteiger partial charge is 0.272 e. The fraction of sp³-hybridized carbons (Fsp3) is 0.238. The van der Waals surface area contributed by atoms with E-state index < -0.39 is 0 Å². The zero-order valence-electron chi connectivity index (χ0n) is 15.1. The van der Waals surface area contributed by atoms with E-state index in [1.807, 2.05) is 63.2 Å². The summed E-state index contributed by atoms with van der Waals surface area (Å²) in [6.45, 7) is 5.79. The molecule has 0 saturated heterocycles. The number of carbonyl (C=O) groups is 2. The molecule has 1 heterocycles. The third-order valence-corrected chi connectivity index (χ3v) is 5.37. The molecule has 5 heteroatoms. The fourth-order valence-corrected chi connectivity index (χ4v) is 3.90. The van der Waals surface area contributed by atoms with Crippen LogP contribution in [0.1, 0.15) is 22.3 Å². The molecule has 0 atom stereocenters. The number of hydrogen-bond donors (Lipinski definition) is 1. The first kappa shape index (κ1) is 18.4. The first-order chi connectivity index (χ1) is 12.4. The quantitative estimate of drug-likeness (QED) is 0.820. The van der Waals surface area contributed by atoms with Crippen LogP contribution in [-0.4, -0.2) is 29.3 Å². The van der Waals surface area contributed by atoms with E-state index in [4.69, 9.17) is 0 Å². The van der Waals surface area contributed by atoms with Gasteiger partial charge in [-0.3, -0.25) is 9.59 Å². The zero-order valence-corrected chi connectivity index (χ0v) is 15.9. The lowest BCUT2D eigenvalue weighted by Crippen LogP contribution is -2.32. The monoisotopic (exact) mass is 367 g/mol. The van der Waals surface area contributed by atoms with Crippen molar-refractivity contribution in [3.05, 3.63) is 69.6 Å². The van der Waals surface area contributed by atoms with Crippen molar-refractivity contribution in [1.29, 1.82) is 0 Å². The average molecular weight is 367 g/mol. The van der Waals surface area contributed by atoms with Crippen LogP contribution in [0.2, 0.25) is 0 Å². The number of aliphatic hydroxyl groups is 1. The number of rotatable bonds is 5. The Kier molecular flexibility index (Phi) is 5.30. The minimum atomic E-state index is -0.323. The Bertz CT molecular complexity index is 900. The van der Waals surface area contributed by atoms with Crippen LogP contribution in [-0.2, 0) is 9.59 Å². The molecule has 0 aliphatic carbocycles. The van der Waals surface area contributed by atoms with Crippen molar-refractivity contribution in [2.75, 3.05) is 17.3 Å². The van der Waals surface area contributed by atoms with Crippen molar-refractivity contribution in [1.82, 2.24) is 0 Å². The first-order valence-electron chi connectivity index (χ1n) is 8.45. The Morgan fingerprint density at radius 1 is 0.923 bits per heavy atom. The molecule has 0 bridgehead atoms. The first-order valence-corrected chi connectivity index (χ1v) is 9.43. The summed E-state index contributed by atoms with van der Waals surface area (Å²) >= 11 is 1.23. The molecule has 0 aromatic heterocycles. The summed E-state index contributed by atoms with van der Waals surface area (Å²) in [7, 11) is 0. The van der Waals surface area contributed by atoms with E-state index in [0.717, 1.165) is 22.3 Å². The van der Waals surface area contributed by atoms with Crippen LogP contribution < -0.4 is 4.90 Å². The number of hydrogen-bond acceptors (Lipinski definition) is 4. The van der Waals surface area contributed by atoms with Crippen molar-refractivity contribution < 1.29 is 14.7 Å². The standard InChI is InChI=1S/C21H21NO3S/c1-13-4-7-16(8-5-13)18-19(26-11-10-23)21(25)22(20(18)24)17-9-6-14(2)12-15(17)3/h4-9,12,23H,10-11H2,1-3H3. The molecule has 2 aromatic carbocycles. The SMILES string of the molecule is Cc1ccc(C2=C(SCCO)C(=O)N(c3ccc(C)cc3C)C2=O)cc1. The Labute approximate surface area is 157 Å². The van der Waals surface area contributed by atoms with Crippen molar-refractivity contribution in [2.45, 2.75) is 20.8 Å². The number of aryl methyl sites for hydroxylation is 3. The molecule has 2 amide bonds.